The molecule has 0 aliphatic rings. The van der Waals surface area contributed by atoms with Crippen LogP contribution in [0.1, 0.15) is 55.5 Å². The first kappa shape index (κ1) is 17.6. The molecule has 5 heteroatoms. The Morgan fingerprint density at radius 2 is 2.19 bits per heavy atom. The van der Waals surface area contributed by atoms with Crippen molar-refractivity contribution in [3.8, 4) is 0 Å². The van der Waals surface area contributed by atoms with Crippen LogP contribution in [0.15, 0.2) is 18.2 Å². The van der Waals surface area contributed by atoms with Gasteiger partial charge in [0, 0.05) is 17.7 Å². The van der Waals surface area contributed by atoms with E-state index in [9.17, 15) is 9.18 Å². The summed E-state index contributed by atoms with van der Waals surface area (Å²) in [6.45, 7) is 5.08. The number of nitrogens with two attached hydrogens (primary N) is 1. The van der Waals surface area contributed by atoms with Crippen LogP contribution in [0.2, 0.25) is 0 Å². The first-order valence-electron chi connectivity index (χ1n) is 7.49. The van der Waals surface area contributed by atoms with Gasteiger partial charge in [-0.3, -0.25) is 10.2 Å². The Balaban J connectivity index is 2.56. The van der Waals surface area contributed by atoms with Crippen molar-refractivity contribution in [3.63, 3.8) is 0 Å². The molecule has 1 amide bonds. The summed E-state index contributed by atoms with van der Waals surface area (Å²) in [5.74, 6) is 4.77. The lowest BCUT2D eigenvalue weighted by Crippen LogP contribution is -2.30. The van der Waals surface area contributed by atoms with Crippen LogP contribution >= 0.6 is 0 Å². The van der Waals surface area contributed by atoms with Gasteiger partial charge in [-0.2, -0.15) is 0 Å². The molecule has 21 heavy (non-hydrogen) atoms. The summed E-state index contributed by atoms with van der Waals surface area (Å²) < 4.78 is 19.3. The summed E-state index contributed by atoms with van der Waals surface area (Å²) >= 11 is 0. The first-order chi connectivity index (χ1) is 10.1. The summed E-state index contributed by atoms with van der Waals surface area (Å²) in [6, 6.07) is 4.14. The van der Waals surface area contributed by atoms with Gasteiger partial charge in [0.15, 0.2) is 0 Å². The van der Waals surface area contributed by atoms with Gasteiger partial charge < -0.3 is 4.74 Å². The van der Waals surface area contributed by atoms with Crippen LogP contribution < -0.4 is 11.3 Å². The van der Waals surface area contributed by atoms with E-state index in [2.05, 4.69) is 13.8 Å². The number of hydrogen-bond acceptors (Lipinski definition) is 3. The van der Waals surface area contributed by atoms with Crippen LogP contribution in [0, 0.1) is 11.7 Å². The molecule has 3 N–H and O–H groups in total. The molecule has 1 aromatic carbocycles. The number of hydrogen-bond donors (Lipinski definition) is 2. The van der Waals surface area contributed by atoms with Crippen LogP contribution in [-0.4, -0.2) is 12.5 Å². The molecule has 0 aliphatic heterocycles. The highest BCUT2D eigenvalue weighted by atomic mass is 19.1. The van der Waals surface area contributed by atoms with Crippen molar-refractivity contribution in [1.82, 2.24) is 5.43 Å². The zero-order chi connectivity index (χ0) is 15.7. The van der Waals surface area contributed by atoms with Crippen molar-refractivity contribution >= 4 is 5.91 Å². The van der Waals surface area contributed by atoms with Gasteiger partial charge in [0.1, 0.15) is 5.82 Å². The topological polar surface area (TPSA) is 64.3 Å². The largest absolute Gasteiger partial charge is 0.376 e. The third kappa shape index (κ3) is 5.81. The summed E-state index contributed by atoms with van der Waals surface area (Å²) in [4.78, 5) is 11.4. The van der Waals surface area contributed by atoms with E-state index in [0.717, 1.165) is 12.8 Å². The number of nitrogens with one attached hydrogen (secondary N) is 1. The summed E-state index contributed by atoms with van der Waals surface area (Å²) in [6.07, 6.45) is 4.53. The highest BCUT2D eigenvalue weighted by Gasteiger charge is 2.10. The number of nitrogen functional groups attached to an aromatic ring is 1. The van der Waals surface area contributed by atoms with Crippen molar-refractivity contribution in [1.29, 1.82) is 0 Å². The van der Waals surface area contributed by atoms with E-state index in [-0.39, 0.29) is 12.4 Å². The van der Waals surface area contributed by atoms with Crippen LogP contribution in [0.5, 0.6) is 0 Å². The molecular formula is C16H25FN2O2. The minimum Gasteiger partial charge on any atom is -0.376 e. The van der Waals surface area contributed by atoms with Gasteiger partial charge in [-0.15, -0.1) is 0 Å². The van der Waals surface area contributed by atoms with Crippen LogP contribution in [0.25, 0.3) is 0 Å². The minimum atomic E-state index is -0.439. The van der Waals surface area contributed by atoms with Crippen LogP contribution in [-0.2, 0) is 11.3 Å². The minimum absolute atomic E-state index is 0.167. The van der Waals surface area contributed by atoms with Crippen molar-refractivity contribution in [2.24, 2.45) is 11.8 Å². The van der Waals surface area contributed by atoms with E-state index >= 15 is 0 Å². The molecule has 4 nitrogen and oxygen atoms in total. The number of halogens is 1. The average molecular weight is 296 g/mol. The predicted octanol–water partition coefficient (Wildman–Crippen LogP) is 3.16. The Hall–Kier alpha value is -1.46. The Morgan fingerprint density at radius 3 is 2.81 bits per heavy atom. The second-order valence-corrected chi connectivity index (χ2v) is 5.21. The second-order valence-electron chi connectivity index (χ2n) is 5.21. The lowest BCUT2D eigenvalue weighted by molar-refractivity contribution is 0.0800. The van der Waals surface area contributed by atoms with Gasteiger partial charge in [0.05, 0.1) is 6.61 Å². The maximum Gasteiger partial charge on any atom is 0.265 e. The molecule has 0 bridgehead atoms. The van der Waals surface area contributed by atoms with Crippen molar-refractivity contribution in [2.75, 3.05) is 6.61 Å². The van der Waals surface area contributed by atoms with Gasteiger partial charge in [-0.05, 0) is 30.5 Å². The molecule has 0 heterocycles. The van der Waals surface area contributed by atoms with Crippen LogP contribution in [0.4, 0.5) is 4.39 Å². The maximum absolute atomic E-state index is 13.7. The molecule has 1 aromatic rings. The van der Waals surface area contributed by atoms with Crippen molar-refractivity contribution < 1.29 is 13.9 Å². The molecule has 0 saturated heterocycles. The number of unbranched alkanes of at least 4 members (excludes halogenated alkanes) is 1. The Morgan fingerprint density at radius 1 is 1.43 bits per heavy atom. The maximum atomic E-state index is 13.7. The molecule has 1 rings (SSSR count). The normalized spacial score (nSPS) is 12.2. The number of amides is 1. The van der Waals surface area contributed by atoms with E-state index in [1.54, 1.807) is 0 Å². The van der Waals surface area contributed by atoms with Crippen molar-refractivity contribution in [2.45, 2.75) is 46.1 Å². The predicted molar refractivity (Wildman–Crippen MR) is 81.0 cm³/mol. The van der Waals surface area contributed by atoms with E-state index in [0.29, 0.717) is 23.7 Å². The molecule has 0 spiro atoms. The van der Waals surface area contributed by atoms with Gasteiger partial charge in [0.2, 0.25) is 0 Å². The highest BCUT2D eigenvalue weighted by Crippen LogP contribution is 2.16. The molecule has 0 saturated carbocycles. The molecular weight excluding hydrogens is 271 g/mol. The lowest BCUT2D eigenvalue weighted by Gasteiger charge is -2.15. The Labute approximate surface area is 125 Å². The van der Waals surface area contributed by atoms with Gasteiger partial charge in [0.25, 0.3) is 5.91 Å². The molecule has 0 radical (unpaired) electrons. The van der Waals surface area contributed by atoms with E-state index in [1.807, 2.05) is 5.43 Å². The Bertz CT molecular complexity index is 452. The smallest absolute Gasteiger partial charge is 0.265 e. The fraction of sp³-hybridized carbons (Fsp3) is 0.562. The molecule has 0 aromatic heterocycles. The molecule has 0 fully saturated rings. The van der Waals surface area contributed by atoms with Gasteiger partial charge in [-0.25, -0.2) is 10.2 Å². The quantitative estimate of drug-likeness (QED) is 0.418. The van der Waals surface area contributed by atoms with E-state index < -0.39 is 5.91 Å². The van der Waals surface area contributed by atoms with Gasteiger partial charge >= 0.3 is 0 Å². The Kier molecular flexibility index (Phi) is 7.93. The number of carbonyl (C=O) groups excluding carboxylic acids is 1. The fourth-order valence-electron chi connectivity index (χ4n) is 2.14. The zero-order valence-electron chi connectivity index (χ0n) is 12.8. The lowest BCUT2D eigenvalue weighted by atomic mass is 10.0. The highest BCUT2D eigenvalue weighted by molar-refractivity contribution is 5.93. The molecule has 1 unspecified atom stereocenters. The van der Waals surface area contributed by atoms with Gasteiger partial charge in [-0.1, -0.05) is 33.1 Å². The third-order valence-corrected chi connectivity index (χ3v) is 3.59. The summed E-state index contributed by atoms with van der Waals surface area (Å²) in [7, 11) is 0. The van der Waals surface area contributed by atoms with Crippen molar-refractivity contribution in [3.05, 3.63) is 35.1 Å². The number of rotatable bonds is 9. The monoisotopic (exact) mass is 296 g/mol. The number of hydrazine groups is 1. The standard InChI is InChI=1S/C16H25FN2O2/c1-3-5-6-12(4-2)10-21-11-14-9-13(16(20)19-18)7-8-15(14)17/h7-9,12H,3-6,10-11,18H2,1-2H3,(H,19,20). The summed E-state index contributed by atoms with van der Waals surface area (Å²) in [5.41, 5.74) is 2.74. The molecule has 1 atom stereocenters. The first-order valence-corrected chi connectivity index (χ1v) is 7.49. The number of ether oxygens (including phenoxy) is 1. The SMILES string of the molecule is CCCCC(CC)COCc1cc(C(=O)NN)ccc1F. The molecule has 0 aliphatic carbocycles. The van der Waals surface area contributed by atoms with E-state index in [4.69, 9.17) is 10.6 Å². The number of carbonyl (C=O) groups is 1. The molecule has 118 valence electrons. The van der Waals surface area contributed by atoms with Crippen LogP contribution in [0.3, 0.4) is 0 Å². The third-order valence-electron chi connectivity index (χ3n) is 3.59. The zero-order valence-corrected chi connectivity index (χ0v) is 12.8. The average Bonchev–Trinajstić information content (AvgIpc) is 2.51. The second kappa shape index (κ2) is 9.47. The fourth-order valence-corrected chi connectivity index (χ4v) is 2.14. The summed E-state index contributed by atoms with van der Waals surface area (Å²) in [5, 5.41) is 0. The number of benzene rings is 1. The van der Waals surface area contributed by atoms with E-state index in [1.165, 1.54) is 31.0 Å².